The van der Waals surface area contributed by atoms with Crippen LogP contribution in [0.3, 0.4) is 0 Å². The summed E-state index contributed by atoms with van der Waals surface area (Å²) in [5, 5.41) is 3.64. The minimum Gasteiger partial charge on any atom is -0.381 e. The standard InChI is InChI=1S/C13H23NO/c1-14-13-6-9-3-10(7-13)5-12(15-2)11(4-9)8-13/h9-12,14H,3-8H2,1-2H3. The zero-order valence-corrected chi connectivity index (χ0v) is 9.96. The third kappa shape index (κ3) is 1.53. The van der Waals surface area contributed by atoms with Crippen LogP contribution < -0.4 is 5.32 Å². The first-order valence-electron chi connectivity index (χ1n) is 6.46. The van der Waals surface area contributed by atoms with E-state index in [0.29, 0.717) is 11.6 Å². The normalized spacial score (nSPS) is 53.2. The van der Waals surface area contributed by atoms with Gasteiger partial charge >= 0.3 is 0 Å². The van der Waals surface area contributed by atoms with Gasteiger partial charge in [-0.05, 0) is 63.3 Å². The summed E-state index contributed by atoms with van der Waals surface area (Å²) < 4.78 is 5.72. The third-order valence-electron chi connectivity index (χ3n) is 5.24. The van der Waals surface area contributed by atoms with Crippen LogP contribution in [-0.2, 0) is 4.74 Å². The van der Waals surface area contributed by atoms with Crippen LogP contribution in [-0.4, -0.2) is 25.8 Å². The number of ether oxygens (including phenoxy) is 1. The fourth-order valence-electron chi connectivity index (χ4n) is 4.76. The summed E-state index contributed by atoms with van der Waals surface area (Å²) in [7, 11) is 4.07. The van der Waals surface area contributed by atoms with Crippen molar-refractivity contribution in [2.24, 2.45) is 17.8 Å². The van der Waals surface area contributed by atoms with Gasteiger partial charge < -0.3 is 10.1 Å². The zero-order valence-electron chi connectivity index (χ0n) is 9.96. The van der Waals surface area contributed by atoms with Gasteiger partial charge in [-0.2, -0.15) is 0 Å². The molecular formula is C13H23NO. The molecule has 0 aromatic carbocycles. The summed E-state index contributed by atoms with van der Waals surface area (Å²) in [6.07, 6.45) is 8.95. The van der Waals surface area contributed by atoms with Crippen LogP contribution in [0.2, 0.25) is 0 Å². The number of fused-ring (bicyclic) bond motifs is 1. The second kappa shape index (κ2) is 3.46. The first-order chi connectivity index (χ1) is 7.24. The molecule has 5 unspecified atom stereocenters. The molecular weight excluding hydrogens is 186 g/mol. The van der Waals surface area contributed by atoms with Gasteiger partial charge in [0.1, 0.15) is 0 Å². The Labute approximate surface area is 92.8 Å². The number of nitrogens with one attached hydrogen (secondary N) is 1. The molecule has 5 atom stereocenters. The average Bonchev–Trinajstić information content (AvgIpc) is 2.41. The van der Waals surface area contributed by atoms with Crippen molar-refractivity contribution < 1.29 is 4.74 Å². The summed E-state index contributed by atoms with van der Waals surface area (Å²) >= 11 is 0. The van der Waals surface area contributed by atoms with E-state index >= 15 is 0 Å². The van der Waals surface area contributed by atoms with Crippen molar-refractivity contribution in [3.05, 3.63) is 0 Å². The summed E-state index contributed by atoms with van der Waals surface area (Å²) in [5.74, 6) is 2.73. The lowest BCUT2D eigenvalue weighted by atomic mass is 9.63. The Hall–Kier alpha value is -0.0800. The van der Waals surface area contributed by atoms with Crippen LogP contribution in [0.5, 0.6) is 0 Å². The predicted octanol–water partition coefficient (Wildman–Crippen LogP) is 2.19. The van der Waals surface area contributed by atoms with Crippen LogP contribution in [0.15, 0.2) is 0 Å². The molecule has 4 aliphatic rings. The largest absolute Gasteiger partial charge is 0.381 e. The van der Waals surface area contributed by atoms with Gasteiger partial charge in [0.25, 0.3) is 0 Å². The molecule has 86 valence electrons. The van der Waals surface area contributed by atoms with Crippen molar-refractivity contribution >= 4 is 0 Å². The summed E-state index contributed by atoms with van der Waals surface area (Å²) in [6.45, 7) is 0. The van der Waals surface area contributed by atoms with Crippen LogP contribution in [0, 0.1) is 17.8 Å². The fraction of sp³-hybridized carbons (Fsp3) is 1.00. The predicted molar refractivity (Wildman–Crippen MR) is 60.8 cm³/mol. The molecule has 0 aliphatic heterocycles. The Morgan fingerprint density at radius 2 is 1.80 bits per heavy atom. The van der Waals surface area contributed by atoms with Gasteiger partial charge in [-0.3, -0.25) is 0 Å². The molecule has 4 aliphatic carbocycles. The quantitative estimate of drug-likeness (QED) is 0.752. The van der Waals surface area contributed by atoms with E-state index in [9.17, 15) is 0 Å². The molecule has 0 saturated heterocycles. The summed E-state index contributed by atoms with van der Waals surface area (Å²) in [6, 6.07) is 0. The molecule has 0 heterocycles. The van der Waals surface area contributed by atoms with Crippen LogP contribution in [0.4, 0.5) is 0 Å². The molecule has 2 heteroatoms. The zero-order chi connectivity index (χ0) is 10.5. The second-order valence-corrected chi connectivity index (χ2v) is 6.12. The number of hydrogen-bond acceptors (Lipinski definition) is 2. The van der Waals surface area contributed by atoms with Gasteiger partial charge in [0.15, 0.2) is 0 Å². The molecule has 4 rings (SSSR count). The molecule has 0 radical (unpaired) electrons. The number of methoxy groups -OCH3 is 1. The molecule has 4 saturated carbocycles. The fourth-order valence-corrected chi connectivity index (χ4v) is 4.76. The van der Waals surface area contributed by atoms with Crippen molar-refractivity contribution in [3.8, 4) is 0 Å². The van der Waals surface area contributed by atoms with Crippen LogP contribution in [0.1, 0.15) is 38.5 Å². The van der Waals surface area contributed by atoms with E-state index in [2.05, 4.69) is 12.4 Å². The third-order valence-corrected chi connectivity index (χ3v) is 5.24. The molecule has 0 amide bonds. The molecule has 4 fully saturated rings. The van der Waals surface area contributed by atoms with Gasteiger partial charge in [0.05, 0.1) is 6.10 Å². The second-order valence-electron chi connectivity index (χ2n) is 6.12. The maximum Gasteiger partial charge on any atom is 0.0602 e. The van der Waals surface area contributed by atoms with E-state index in [1.807, 2.05) is 7.11 Å². The minimum atomic E-state index is 0.476. The van der Waals surface area contributed by atoms with Crippen LogP contribution >= 0.6 is 0 Å². The summed E-state index contributed by atoms with van der Waals surface area (Å²) in [5.41, 5.74) is 0.476. The lowest BCUT2D eigenvalue weighted by Crippen LogP contribution is -2.52. The number of rotatable bonds is 2. The molecule has 2 nitrogen and oxygen atoms in total. The Balaban J connectivity index is 1.90. The minimum absolute atomic E-state index is 0.476. The van der Waals surface area contributed by atoms with Gasteiger partial charge in [-0.1, -0.05) is 0 Å². The summed E-state index contributed by atoms with van der Waals surface area (Å²) in [4.78, 5) is 0. The van der Waals surface area contributed by atoms with Crippen molar-refractivity contribution in [3.63, 3.8) is 0 Å². The van der Waals surface area contributed by atoms with Crippen molar-refractivity contribution in [2.75, 3.05) is 14.2 Å². The van der Waals surface area contributed by atoms with E-state index in [1.54, 1.807) is 0 Å². The Morgan fingerprint density at radius 3 is 2.47 bits per heavy atom. The van der Waals surface area contributed by atoms with E-state index in [-0.39, 0.29) is 0 Å². The molecule has 15 heavy (non-hydrogen) atoms. The molecule has 0 aromatic rings. The smallest absolute Gasteiger partial charge is 0.0602 e. The maximum atomic E-state index is 5.72. The van der Waals surface area contributed by atoms with Gasteiger partial charge in [0, 0.05) is 12.6 Å². The topological polar surface area (TPSA) is 21.3 Å². The monoisotopic (exact) mass is 209 g/mol. The van der Waals surface area contributed by atoms with E-state index < -0.39 is 0 Å². The maximum absolute atomic E-state index is 5.72. The highest BCUT2D eigenvalue weighted by atomic mass is 16.5. The van der Waals surface area contributed by atoms with Gasteiger partial charge in [-0.25, -0.2) is 0 Å². The number of hydrogen-bond donors (Lipinski definition) is 1. The molecule has 0 spiro atoms. The van der Waals surface area contributed by atoms with Gasteiger partial charge in [-0.15, -0.1) is 0 Å². The SMILES string of the molecule is CNC12CC3CC(CC(OC)C(C3)C1)C2. The van der Waals surface area contributed by atoms with Crippen molar-refractivity contribution in [1.82, 2.24) is 5.32 Å². The average molecular weight is 209 g/mol. The van der Waals surface area contributed by atoms with Crippen molar-refractivity contribution in [1.29, 1.82) is 0 Å². The Bertz CT molecular complexity index is 255. The van der Waals surface area contributed by atoms with Gasteiger partial charge in [0.2, 0.25) is 0 Å². The van der Waals surface area contributed by atoms with Crippen molar-refractivity contribution in [2.45, 2.75) is 50.2 Å². The molecule has 1 N–H and O–H groups in total. The van der Waals surface area contributed by atoms with Crippen LogP contribution in [0.25, 0.3) is 0 Å². The molecule has 0 aromatic heterocycles. The highest BCUT2D eigenvalue weighted by Crippen LogP contribution is 2.53. The Kier molecular flexibility index (Phi) is 2.33. The first-order valence-corrected chi connectivity index (χ1v) is 6.46. The van der Waals surface area contributed by atoms with E-state index in [1.165, 1.54) is 38.5 Å². The lowest BCUT2D eigenvalue weighted by Gasteiger charge is -2.48. The first kappa shape index (κ1) is 10.1. The molecule has 4 bridgehead atoms. The van der Waals surface area contributed by atoms with E-state index in [0.717, 1.165) is 17.8 Å². The Morgan fingerprint density at radius 1 is 1.07 bits per heavy atom. The highest BCUT2D eigenvalue weighted by Gasteiger charge is 2.50. The lowest BCUT2D eigenvalue weighted by molar-refractivity contribution is 0.0177. The highest BCUT2D eigenvalue weighted by molar-refractivity contribution is 5.05. The van der Waals surface area contributed by atoms with E-state index in [4.69, 9.17) is 4.74 Å².